The minimum Gasteiger partial charge on any atom is -0.493 e. The predicted molar refractivity (Wildman–Crippen MR) is 144 cm³/mol. The van der Waals surface area contributed by atoms with Crippen LogP contribution >= 0.6 is 11.3 Å². The number of esters is 1. The fraction of sp³-hybridized carbons (Fsp3) is 0.259. The zero-order valence-electron chi connectivity index (χ0n) is 21.3. The van der Waals surface area contributed by atoms with Gasteiger partial charge in [0.15, 0.2) is 10.8 Å². The molecule has 1 amide bonds. The van der Waals surface area contributed by atoms with Gasteiger partial charge in [0.25, 0.3) is 0 Å². The molecule has 2 aromatic heterocycles. The predicted octanol–water partition coefficient (Wildman–Crippen LogP) is 4.56. The van der Waals surface area contributed by atoms with Crippen LogP contribution in [0.2, 0.25) is 0 Å². The number of ether oxygens (including phenoxy) is 2. The number of thiazole rings is 1. The summed E-state index contributed by atoms with van der Waals surface area (Å²) in [6.07, 6.45) is -0.00424. The van der Waals surface area contributed by atoms with Crippen LogP contribution in [0.1, 0.15) is 48.8 Å². The smallest absolute Gasteiger partial charge is 0.357 e. The number of carbonyl (C=O) groups is 2. The molecule has 4 rings (SSSR count). The van der Waals surface area contributed by atoms with E-state index in [0.29, 0.717) is 11.3 Å². The first kappa shape index (κ1) is 26.7. The van der Waals surface area contributed by atoms with E-state index in [-0.39, 0.29) is 28.5 Å². The van der Waals surface area contributed by atoms with Crippen LogP contribution in [0.25, 0.3) is 11.3 Å². The number of aromatic amines is 1. The molecule has 2 heterocycles. The third-order valence-corrected chi connectivity index (χ3v) is 6.65. The van der Waals surface area contributed by atoms with Crippen molar-refractivity contribution in [1.29, 1.82) is 0 Å². The molecule has 0 saturated heterocycles. The fourth-order valence-corrected chi connectivity index (χ4v) is 4.77. The quantitative estimate of drug-likeness (QED) is 0.267. The monoisotopic (exact) mass is 536 g/mol. The lowest BCUT2D eigenvalue weighted by molar-refractivity contribution is -0.120. The summed E-state index contributed by atoms with van der Waals surface area (Å²) in [5.41, 5.74) is 0.896. The number of carbonyl (C=O) groups excluding carboxylic acids is 2. The van der Waals surface area contributed by atoms with Crippen molar-refractivity contribution < 1.29 is 24.2 Å². The molecule has 2 atom stereocenters. The summed E-state index contributed by atoms with van der Waals surface area (Å²) in [5, 5.41) is 15.5. The Morgan fingerprint density at radius 3 is 2.39 bits per heavy atom. The highest BCUT2D eigenvalue weighted by Gasteiger charge is 2.34. The molecule has 0 aliphatic heterocycles. The lowest BCUT2D eigenvalue weighted by Crippen LogP contribution is -2.35. The number of imidazole rings is 1. The maximum atomic E-state index is 13.6. The van der Waals surface area contributed by atoms with Crippen LogP contribution in [-0.4, -0.2) is 44.7 Å². The van der Waals surface area contributed by atoms with E-state index in [9.17, 15) is 19.5 Å². The Bertz CT molecular complexity index is 1470. The molecule has 0 saturated carbocycles. The SMILES string of the molecule is COC(=O)c1csc(NC(=O)[C@H]([C@@H](C)c2ccccc2)n2c(O)c(-c3ccc(OC(C)C)cc3)[nH]c2=O)n1. The first-order valence-electron chi connectivity index (χ1n) is 11.9. The Labute approximate surface area is 222 Å². The minimum absolute atomic E-state index is 0.00424. The maximum absolute atomic E-state index is 13.6. The van der Waals surface area contributed by atoms with Crippen molar-refractivity contribution in [2.75, 3.05) is 12.4 Å². The van der Waals surface area contributed by atoms with Crippen LogP contribution in [-0.2, 0) is 9.53 Å². The molecule has 38 heavy (non-hydrogen) atoms. The summed E-state index contributed by atoms with van der Waals surface area (Å²) < 4.78 is 11.4. The molecular weight excluding hydrogens is 508 g/mol. The highest BCUT2D eigenvalue weighted by Crippen LogP contribution is 2.36. The van der Waals surface area contributed by atoms with Crippen molar-refractivity contribution >= 4 is 28.3 Å². The Kier molecular flexibility index (Phi) is 7.96. The van der Waals surface area contributed by atoms with Crippen molar-refractivity contribution in [3.8, 4) is 22.9 Å². The first-order chi connectivity index (χ1) is 18.2. The number of anilines is 1. The summed E-state index contributed by atoms with van der Waals surface area (Å²) in [6.45, 7) is 5.62. The van der Waals surface area contributed by atoms with Gasteiger partial charge in [-0.3, -0.25) is 4.79 Å². The number of H-pyrrole nitrogens is 1. The molecule has 11 heteroatoms. The molecule has 2 aromatic carbocycles. The van der Waals surface area contributed by atoms with E-state index in [2.05, 4.69) is 20.0 Å². The van der Waals surface area contributed by atoms with Gasteiger partial charge >= 0.3 is 11.7 Å². The lowest BCUT2D eigenvalue weighted by atomic mass is 9.92. The average molecular weight is 537 g/mol. The van der Waals surface area contributed by atoms with Gasteiger partial charge in [-0.2, -0.15) is 0 Å². The van der Waals surface area contributed by atoms with Gasteiger partial charge in [0, 0.05) is 16.9 Å². The van der Waals surface area contributed by atoms with E-state index in [0.717, 1.165) is 21.5 Å². The van der Waals surface area contributed by atoms with Gasteiger partial charge in [-0.05, 0) is 43.7 Å². The summed E-state index contributed by atoms with van der Waals surface area (Å²) in [4.78, 5) is 45.4. The summed E-state index contributed by atoms with van der Waals surface area (Å²) in [7, 11) is 1.24. The topological polar surface area (TPSA) is 136 Å². The molecule has 198 valence electrons. The van der Waals surface area contributed by atoms with Crippen LogP contribution in [0.3, 0.4) is 0 Å². The van der Waals surface area contributed by atoms with Gasteiger partial charge in [0.2, 0.25) is 11.8 Å². The van der Waals surface area contributed by atoms with Crippen LogP contribution in [0.15, 0.2) is 64.8 Å². The second kappa shape index (κ2) is 11.3. The van der Waals surface area contributed by atoms with E-state index < -0.39 is 29.5 Å². The molecule has 4 aromatic rings. The summed E-state index contributed by atoms with van der Waals surface area (Å²) in [6, 6.07) is 14.9. The van der Waals surface area contributed by atoms with Gasteiger partial charge in [-0.15, -0.1) is 11.3 Å². The molecule has 0 radical (unpaired) electrons. The van der Waals surface area contributed by atoms with Gasteiger partial charge in [-0.25, -0.2) is 19.1 Å². The van der Waals surface area contributed by atoms with E-state index in [1.807, 2.05) is 44.2 Å². The van der Waals surface area contributed by atoms with Crippen LogP contribution in [0, 0.1) is 0 Å². The Hall–Kier alpha value is -4.38. The summed E-state index contributed by atoms with van der Waals surface area (Å²) in [5.74, 6) is -1.48. The van der Waals surface area contributed by atoms with Gasteiger partial charge in [-0.1, -0.05) is 37.3 Å². The second-order valence-corrected chi connectivity index (χ2v) is 9.71. The number of rotatable bonds is 9. The number of amides is 1. The average Bonchev–Trinajstić information content (AvgIpc) is 3.49. The van der Waals surface area contributed by atoms with E-state index in [1.165, 1.54) is 12.5 Å². The van der Waals surface area contributed by atoms with Crippen LogP contribution in [0.5, 0.6) is 11.6 Å². The van der Waals surface area contributed by atoms with Gasteiger partial charge < -0.3 is 24.9 Å². The van der Waals surface area contributed by atoms with Gasteiger partial charge in [0.05, 0.1) is 13.2 Å². The number of nitrogens with zero attached hydrogens (tertiary/aromatic N) is 2. The zero-order chi connectivity index (χ0) is 27.4. The second-order valence-electron chi connectivity index (χ2n) is 8.85. The maximum Gasteiger partial charge on any atom is 0.357 e. The number of aromatic hydroxyl groups is 1. The molecule has 0 aliphatic carbocycles. The third kappa shape index (κ3) is 5.62. The molecule has 0 spiro atoms. The van der Waals surface area contributed by atoms with Crippen LogP contribution in [0.4, 0.5) is 5.13 Å². The first-order valence-corrected chi connectivity index (χ1v) is 12.8. The van der Waals surface area contributed by atoms with Crippen molar-refractivity contribution in [2.24, 2.45) is 0 Å². The largest absolute Gasteiger partial charge is 0.493 e. The number of hydrogen-bond donors (Lipinski definition) is 3. The number of benzene rings is 2. The van der Waals surface area contributed by atoms with Crippen molar-refractivity contribution in [1.82, 2.24) is 14.5 Å². The molecule has 0 bridgehead atoms. The molecule has 0 unspecified atom stereocenters. The standard InChI is InChI=1S/C27H28N4O6S/c1-15(2)37-19-12-10-18(11-13-19)21-24(33)31(27(35)29-21)22(16(3)17-8-6-5-7-9-17)23(32)30-26-28-20(14-38-26)25(34)36-4/h5-16,22,33H,1-4H3,(H,29,35)(H,28,30,32)/t16-,22-/m0/s1. The molecule has 10 nitrogen and oxygen atoms in total. The van der Waals surface area contributed by atoms with Gasteiger partial charge in [0.1, 0.15) is 17.5 Å². The minimum atomic E-state index is -1.15. The number of methoxy groups -OCH3 is 1. The fourth-order valence-electron chi connectivity index (χ4n) is 4.09. The van der Waals surface area contributed by atoms with Crippen molar-refractivity contribution in [2.45, 2.75) is 38.8 Å². The molecule has 3 N–H and O–H groups in total. The molecule has 0 aliphatic rings. The summed E-state index contributed by atoms with van der Waals surface area (Å²) >= 11 is 1.04. The van der Waals surface area contributed by atoms with Crippen molar-refractivity contribution in [3.63, 3.8) is 0 Å². The van der Waals surface area contributed by atoms with E-state index in [1.54, 1.807) is 31.2 Å². The Balaban J connectivity index is 1.73. The highest BCUT2D eigenvalue weighted by molar-refractivity contribution is 7.14. The Morgan fingerprint density at radius 2 is 1.76 bits per heavy atom. The molecular formula is C27H28N4O6S. The Morgan fingerprint density at radius 1 is 1.08 bits per heavy atom. The van der Waals surface area contributed by atoms with Crippen LogP contribution < -0.4 is 15.7 Å². The highest BCUT2D eigenvalue weighted by atomic mass is 32.1. The van der Waals surface area contributed by atoms with Crippen molar-refractivity contribution in [3.05, 3.63) is 81.7 Å². The number of hydrogen-bond acceptors (Lipinski definition) is 8. The zero-order valence-corrected chi connectivity index (χ0v) is 22.1. The normalized spacial score (nSPS) is 12.7. The number of aromatic nitrogens is 3. The van der Waals surface area contributed by atoms with E-state index >= 15 is 0 Å². The number of nitrogens with one attached hydrogen (secondary N) is 2. The third-order valence-electron chi connectivity index (χ3n) is 5.89. The molecule has 0 fully saturated rings. The van der Waals surface area contributed by atoms with E-state index in [4.69, 9.17) is 4.74 Å². The lowest BCUT2D eigenvalue weighted by Gasteiger charge is -2.24.